The van der Waals surface area contributed by atoms with E-state index in [0.29, 0.717) is 11.5 Å². The Balaban J connectivity index is 1.89. The molecule has 2 aromatic rings. The van der Waals surface area contributed by atoms with E-state index in [9.17, 15) is 5.11 Å². The van der Waals surface area contributed by atoms with Crippen LogP contribution in [0.25, 0.3) is 0 Å². The van der Waals surface area contributed by atoms with Crippen molar-refractivity contribution >= 4 is 0 Å². The van der Waals surface area contributed by atoms with E-state index in [1.807, 2.05) is 66.7 Å². The van der Waals surface area contributed by atoms with Crippen LogP contribution in [0.4, 0.5) is 0 Å². The summed E-state index contributed by atoms with van der Waals surface area (Å²) in [6.45, 7) is 0. The van der Waals surface area contributed by atoms with Crippen LogP contribution in [0.1, 0.15) is 6.42 Å². The van der Waals surface area contributed by atoms with Crippen LogP contribution in [0, 0.1) is 0 Å². The van der Waals surface area contributed by atoms with Gasteiger partial charge < -0.3 is 14.6 Å². The van der Waals surface area contributed by atoms with Gasteiger partial charge in [0.2, 0.25) is 0 Å². The molecule has 0 amide bonds. The van der Waals surface area contributed by atoms with Crippen LogP contribution < -0.4 is 9.47 Å². The Bertz CT molecular complexity index is 603. The van der Waals surface area contributed by atoms with E-state index >= 15 is 0 Å². The highest BCUT2D eigenvalue weighted by atomic mass is 16.7. The van der Waals surface area contributed by atoms with Gasteiger partial charge in [-0.2, -0.15) is 0 Å². The third-order valence-corrected chi connectivity index (χ3v) is 3.13. The minimum atomic E-state index is -1.04. The number of rotatable bonds is 4. The molecule has 106 valence electrons. The van der Waals surface area contributed by atoms with E-state index in [2.05, 4.69) is 0 Å². The first-order valence-electron chi connectivity index (χ1n) is 6.81. The highest BCUT2D eigenvalue weighted by Gasteiger charge is 2.35. The molecule has 0 radical (unpaired) electrons. The van der Waals surface area contributed by atoms with Crippen LogP contribution in [0.15, 0.2) is 84.7 Å². The molecule has 0 heterocycles. The molecule has 0 spiro atoms. The van der Waals surface area contributed by atoms with Crippen LogP contribution in [-0.4, -0.2) is 10.9 Å². The summed E-state index contributed by atoms with van der Waals surface area (Å²) in [6, 6.07) is 18.9. The molecule has 1 aliphatic rings. The number of aliphatic hydroxyl groups excluding tert-OH is 1. The highest BCUT2D eigenvalue weighted by Crippen LogP contribution is 2.31. The SMILES string of the molecule is OC1=CC=CC(Oc2ccccc2)(Oc2ccccc2)C1. The van der Waals surface area contributed by atoms with Crippen molar-refractivity contribution in [1.29, 1.82) is 0 Å². The maximum Gasteiger partial charge on any atom is 0.278 e. The minimum absolute atomic E-state index is 0.226. The van der Waals surface area contributed by atoms with E-state index in [0.717, 1.165) is 0 Å². The largest absolute Gasteiger partial charge is 0.512 e. The maximum absolute atomic E-state index is 9.85. The van der Waals surface area contributed by atoms with E-state index in [-0.39, 0.29) is 12.2 Å². The fraction of sp³-hybridized carbons (Fsp3) is 0.111. The van der Waals surface area contributed by atoms with E-state index in [1.54, 1.807) is 12.2 Å². The summed E-state index contributed by atoms with van der Waals surface area (Å²) in [4.78, 5) is 0. The molecule has 3 heteroatoms. The molecule has 3 rings (SSSR count). The number of hydrogen-bond donors (Lipinski definition) is 1. The van der Waals surface area contributed by atoms with E-state index in [1.165, 1.54) is 0 Å². The van der Waals surface area contributed by atoms with Crippen molar-refractivity contribution in [2.24, 2.45) is 0 Å². The molecule has 0 saturated carbocycles. The van der Waals surface area contributed by atoms with Gasteiger partial charge in [-0.05, 0) is 30.3 Å². The van der Waals surface area contributed by atoms with Gasteiger partial charge in [0.1, 0.15) is 17.3 Å². The summed E-state index contributed by atoms with van der Waals surface area (Å²) in [5.74, 6) is 0.562. The van der Waals surface area contributed by atoms with Crippen LogP contribution >= 0.6 is 0 Å². The lowest BCUT2D eigenvalue weighted by Gasteiger charge is -2.33. The first-order chi connectivity index (χ1) is 10.3. The molecule has 0 bridgehead atoms. The Kier molecular flexibility index (Phi) is 3.65. The maximum atomic E-state index is 9.85. The number of aliphatic hydroxyl groups is 1. The van der Waals surface area contributed by atoms with Crippen LogP contribution in [0.2, 0.25) is 0 Å². The van der Waals surface area contributed by atoms with Gasteiger partial charge in [0, 0.05) is 6.08 Å². The minimum Gasteiger partial charge on any atom is -0.512 e. The van der Waals surface area contributed by atoms with Crippen molar-refractivity contribution in [3.05, 3.63) is 84.7 Å². The van der Waals surface area contributed by atoms with Gasteiger partial charge in [-0.1, -0.05) is 42.5 Å². The van der Waals surface area contributed by atoms with Crippen LogP contribution in [0.3, 0.4) is 0 Å². The topological polar surface area (TPSA) is 38.7 Å². The Morgan fingerprint density at radius 3 is 1.81 bits per heavy atom. The number of hydrogen-bond acceptors (Lipinski definition) is 3. The molecule has 0 fully saturated rings. The molecule has 2 aromatic carbocycles. The second-order valence-electron chi connectivity index (χ2n) is 4.84. The molecule has 0 aliphatic heterocycles. The van der Waals surface area contributed by atoms with Gasteiger partial charge in [-0.3, -0.25) is 0 Å². The normalized spacial score (nSPS) is 16.1. The zero-order valence-corrected chi connectivity index (χ0v) is 11.5. The molecular formula is C18H16O3. The summed E-state index contributed by atoms with van der Waals surface area (Å²) in [5, 5.41) is 9.85. The lowest BCUT2D eigenvalue weighted by atomic mass is 10.1. The standard InChI is InChI=1S/C18H16O3/c19-15-8-7-13-18(14-15,20-16-9-3-1-4-10-16)21-17-11-5-2-6-12-17/h1-13,19H,14H2. The second kappa shape index (κ2) is 5.75. The van der Waals surface area contributed by atoms with Gasteiger partial charge in [-0.15, -0.1) is 0 Å². The van der Waals surface area contributed by atoms with Gasteiger partial charge in [-0.25, -0.2) is 0 Å². The van der Waals surface area contributed by atoms with Crippen molar-refractivity contribution in [3.8, 4) is 11.5 Å². The monoisotopic (exact) mass is 280 g/mol. The highest BCUT2D eigenvalue weighted by molar-refractivity contribution is 5.29. The fourth-order valence-corrected chi connectivity index (χ4v) is 2.21. The zero-order chi connectivity index (χ0) is 14.5. The zero-order valence-electron chi connectivity index (χ0n) is 11.5. The van der Waals surface area contributed by atoms with E-state index < -0.39 is 5.79 Å². The summed E-state index contributed by atoms with van der Waals surface area (Å²) in [5.41, 5.74) is 0. The average molecular weight is 280 g/mol. The summed E-state index contributed by atoms with van der Waals surface area (Å²) in [7, 11) is 0. The first-order valence-corrected chi connectivity index (χ1v) is 6.81. The van der Waals surface area contributed by atoms with Crippen molar-refractivity contribution < 1.29 is 14.6 Å². The Morgan fingerprint density at radius 1 is 0.810 bits per heavy atom. The van der Waals surface area contributed by atoms with Crippen molar-refractivity contribution in [2.75, 3.05) is 0 Å². The molecule has 1 N–H and O–H groups in total. The summed E-state index contributed by atoms with van der Waals surface area (Å²) >= 11 is 0. The molecule has 1 aliphatic carbocycles. The second-order valence-corrected chi connectivity index (χ2v) is 4.84. The molecule has 21 heavy (non-hydrogen) atoms. The van der Waals surface area contributed by atoms with Gasteiger partial charge in [0.15, 0.2) is 0 Å². The van der Waals surface area contributed by atoms with E-state index in [4.69, 9.17) is 9.47 Å². The smallest absolute Gasteiger partial charge is 0.278 e. The third-order valence-electron chi connectivity index (χ3n) is 3.13. The molecule has 3 nitrogen and oxygen atoms in total. The van der Waals surface area contributed by atoms with Crippen molar-refractivity contribution in [1.82, 2.24) is 0 Å². The van der Waals surface area contributed by atoms with Crippen molar-refractivity contribution in [3.63, 3.8) is 0 Å². The lowest BCUT2D eigenvalue weighted by Crippen LogP contribution is -2.42. The summed E-state index contributed by atoms with van der Waals surface area (Å²) in [6.07, 6.45) is 5.45. The Labute approximate surface area is 123 Å². The predicted octanol–water partition coefficient (Wildman–Crippen LogP) is 4.24. The number of benzene rings is 2. The molecule has 0 unspecified atom stereocenters. The molecule has 0 saturated heterocycles. The Hall–Kier alpha value is -2.68. The summed E-state index contributed by atoms with van der Waals surface area (Å²) < 4.78 is 12.0. The fourth-order valence-electron chi connectivity index (χ4n) is 2.21. The third kappa shape index (κ3) is 3.26. The van der Waals surface area contributed by atoms with Crippen LogP contribution in [0.5, 0.6) is 11.5 Å². The number of allylic oxidation sites excluding steroid dienone is 2. The van der Waals surface area contributed by atoms with Crippen LogP contribution in [-0.2, 0) is 0 Å². The number of ether oxygens (including phenoxy) is 2. The molecule has 0 aromatic heterocycles. The van der Waals surface area contributed by atoms with Crippen molar-refractivity contribution in [2.45, 2.75) is 12.2 Å². The average Bonchev–Trinajstić information content (AvgIpc) is 2.49. The first kappa shape index (κ1) is 13.3. The van der Waals surface area contributed by atoms with Gasteiger partial charge in [0.25, 0.3) is 5.79 Å². The van der Waals surface area contributed by atoms with Gasteiger partial charge in [0.05, 0.1) is 6.42 Å². The quantitative estimate of drug-likeness (QED) is 0.851. The Morgan fingerprint density at radius 2 is 1.33 bits per heavy atom. The predicted molar refractivity (Wildman–Crippen MR) is 81.3 cm³/mol. The molecule has 0 atom stereocenters. The lowest BCUT2D eigenvalue weighted by molar-refractivity contribution is -0.0768. The number of para-hydroxylation sites is 2. The van der Waals surface area contributed by atoms with Gasteiger partial charge >= 0.3 is 0 Å². The molecular weight excluding hydrogens is 264 g/mol.